The first-order valence-electron chi connectivity index (χ1n) is 6.60. The molecule has 0 aliphatic rings. The number of aromatic amines is 1. The fraction of sp³-hybridized carbons (Fsp3) is 0.500. The number of aliphatic hydroxyl groups is 2. The highest BCUT2D eigenvalue weighted by Crippen LogP contribution is 2.15. The number of fused-ring (bicyclic) bond motifs is 1. The zero-order chi connectivity index (χ0) is 15.4. The third kappa shape index (κ3) is 3.51. The molecule has 2 aromatic heterocycles. The van der Waals surface area contributed by atoms with Gasteiger partial charge in [-0.25, -0.2) is 9.97 Å². The molecule has 9 heteroatoms. The number of hydrogen-bond acceptors (Lipinski definition) is 8. The first-order valence-corrected chi connectivity index (χ1v) is 6.60. The summed E-state index contributed by atoms with van der Waals surface area (Å²) >= 11 is 0. The Morgan fingerprint density at radius 1 is 1.43 bits per heavy atom. The molecule has 6 N–H and O–H groups in total. The predicted octanol–water partition coefficient (Wildman–Crippen LogP) is -1.11. The molecule has 21 heavy (non-hydrogen) atoms. The highest BCUT2D eigenvalue weighted by molar-refractivity contribution is 5.69. The molecule has 9 nitrogen and oxygen atoms in total. The van der Waals surface area contributed by atoms with Crippen molar-refractivity contribution in [2.24, 2.45) is 5.73 Å². The van der Waals surface area contributed by atoms with Gasteiger partial charge in [0.15, 0.2) is 11.2 Å². The normalized spacial score (nSPS) is 14.1. The largest absolute Gasteiger partial charge is 0.390 e. The van der Waals surface area contributed by atoms with E-state index in [9.17, 15) is 15.0 Å². The van der Waals surface area contributed by atoms with Crippen molar-refractivity contribution in [1.82, 2.24) is 19.9 Å². The van der Waals surface area contributed by atoms with Crippen molar-refractivity contribution in [3.8, 4) is 0 Å². The summed E-state index contributed by atoms with van der Waals surface area (Å²) in [6.07, 6.45) is -0.187. The van der Waals surface area contributed by atoms with Crippen molar-refractivity contribution in [2.75, 3.05) is 18.4 Å². The van der Waals surface area contributed by atoms with Crippen LogP contribution in [-0.2, 0) is 0 Å². The highest BCUT2D eigenvalue weighted by atomic mass is 16.3. The van der Waals surface area contributed by atoms with E-state index in [1.165, 1.54) is 13.1 Å². The van der Waals surface area contributed by atoms with E-state index in [-0.39, 0.29) is 16.9 Å². The van der Waals surface area contributed by atoms with Crippen LogP contribution < -0.4 is 16.6 Å². The first kappa shape index (κ1) is 15.3. The molecule has 0 saturated heterocycles. The van der Waals surface area contributed by atoms with E-state index in [0.717, 1.165) is 6.42 Å². The fourth-order valence-corrected chi connectivity index (χ4v) is 1.71. The Hall–Kier alpha value is -2.10. The number of aromatic nitrogens is 4. The molecule has 0 fully saturated rings. The third-order valence-corrected chi connectivity index (χ3v) is 2.87. The number of rotatable bonds is 6. The van der Waals surface area contributed by atoms with Crippen LogP contribution in [0, 0.1) is 0 Å². The van der Waals surface area contributed by atoms with E-state index in [2.05, 4.69) is 25.3 Å². The Morgan fingerprint density at radius 2 is 2.19 bits per heavy atom. The lowest BCUT2D eigenvalue weighted by Crippen LogP contribution is -2.20. The number of nitrogens with two attached hydrogens (primary N) is 1. The van der Waals surface area contributed by atoms with Gasteiger partial charge in [0.2, 0.25) is 5.95 Å². The van der Waals surface area contributed by atoms with Crippen LogP contribution in [0.25, 0.3) is 11.2 Å². The van der Waals surface area contributed by atoms with Gasteiger partial charge in [-0.3, -0.25) is 9.78 Å². The average Bonchev–Trinajstić information content (AvgIpc) is 2.46. The van der Waals surface area contributed by atoms with Crippen LogP contribution >= 0.6 is 0 Å². The van der Waals surface area contributed by atoms with E-state index in [1.807, 2.05) is 0 Å². The van der Waals surface area contributed by atoms with Gasteiger partial charge in [0.05, 0.1) is 18.0 Å². The maximum Gasteiger partial charge on any atom is 0.280 e. The minimum absolute atomic E-state index is 0.0107. The second kappa shape index (κ2) is 6.57. The van der Waals surface area contributed by atoms with Gasteiger partial charge < -0.3 is 21.3 Å². The van der Waals surface area contributed by atoms with Crippen LogP contribution in [-0.4, -0.2) is 49.3 Å². The molecule has 0 unspecified atom stereocenters. The molecule has 0 aromatic carbocycles. The zero-order valence-electron chi connectivity index (χ0n) is 11.6. The molecule has 0 radical (unpaired) electrons. The van der Waals surface area contributed by atoms with Crippen LogP contribution in [0.5, 0.6) is 0 Å². The summed E-state index contributed by atoms with van der Waals surface area (Å²) < 4.78 is 0. The molecule has 2 heterocycles. The van der Waals surface area contributed by atoms with Gasteiger partial charge >= 0.3 is 0 Å². The van der Waals surface area contributed by atoms with E-state index >= 15 is 0 Å². The van der Waals surface area contributed by atoms with Crippen LogP contribution in [0.4, 0.5) is 5.95 Å². The second-order valence-corrected chi connectivity index (χ2v) is 4.64. The maximum absolute atomic E-state index is 12.0. The van der Waals surface area contributed by atoms with Crippen LogP contribution in [0.3, 0.4) is 0 Å². The summed E-state index contributed by atoms with van der Waals surface area (Å²) in [6.45, 7) is 2.53. The molecule has 0 aliphatic heterocycles. The summed E-state index contributed by atoms with van der Waals surface area (Å²) in [6, 6.07) is 0. The Bertz CT molecular complexity index is 672. The van der Waals surface area contributed by atoms with Crippen molar-refractivity contribution in [1.29, 1.82) is 0 Å². The zero-order valence-corrected chi connectivity index (χ0v) is 11.6. The second-order valence-electron chi connectivity index (χ2n) is 4.64. The Morgan fingerprint density at radius 3 is 2.86 bits per heavy atom. The van der Waals surface area contributed by atoms with Gasteiger partial charge in [-0.2, -0.15) is 4.98 Å². The van der Waals surface area contributed by atoms with Crippen LogP contribution in [0.2, 0.25) is 0 Å². The van der Waals surface area contributed by atoms with Crippen molar-refractivity contribution in [3.05, 3.63) is 22.2 Å². The van der Waals surface area contributed by atoms with Gasteiger partial charge in [0, 0.05) is 6.54 Å². The summed E-state index contributed by atoms with van der Waals surface area (Å²) in [7, 11) is 0. The van der Waals surface area contributed by atoms with Crippen LogP contribution in [0.15, 0.2) is 11.0 Å². The van der Waals surface area contributed by atoms with E-state index in [0.29, 0.717) is 19.0 Å². The van der Waals surface area contributed by atoms with Gasteiger partial charge in [-0.1, -0.05) is 0 Å². The van der Waals surface area contributed by atoms with Crippen molar-refractivity contribution in [3.63, 3.8) is 0 Å². The molecule has 0 spiro atoms. The quantitative estimate of drug-likeness (QED) is 0.421. The smallest absolute Gasteiger partial charge is 0.280 e. The number of aliphatic hydroxyl groups excluding tert-OH is 2. The molecule has 0 amide bonds. The summed E-state index contributed by atoms with van der Waals surface area (Å²) in [5, 5.41) is 22.0. The lowest BCUT2D eigenvalue weighted by molar-refractivity contribution is 0.0278. The van der Waals surface area contributed by atoms with E-state index in [1.54, 1.807) is 0 Å². The molecule has 2 rings (SSSR count). The minimum Gasteiger partial charge on any atom is -0.390 e. The number of H-pyrrole nitrogens is 1. The Balaban J connectivity index is 2.34. The van der Waals surface area contributed by atoms with Crippen molar-refractivity contribution >= 4 is 17.1 Å². The summed E-state index contributed by atoms with van der Waals surface area (Å²) in [4.78, 5) is 26.6. The molecule has 114 valence electrons. The van der Waals surface area contributed by atoms with E-state index < -0.39 is 17.8 Å². The lowest BCUT2D eigenvalue weighted by atomic mass is 10.2. The maximum atomic E-state index is 12.0. The van der Waals surface area contributed by atoms with Gasteiger partial charge in [0.1, 0.15) is 6.10 Å². The van der Waals surface area contributed by atoms with Gasteiger partial charge in [-0.15, -0.1) is 0 Å². The highest BCUT2D eigenvalue weighted by Gasteiger charge is 2.17. The Labute approximate surface area is 120 Å². The van der Waals surface area contributed by atoms with Crippen molar-refractivity contribution in [2.45, 2.75) is 25.6 Å². The SMILES string of the molecule is C[C@@H](O)[C@@H](O)c1cnc2nc(NCCCN)[nH]c(=O)c2n1. The third-order valence-electron chi connectivity index (χ3n) is 2.87. The molecule has 2 aromatic rings. The standard InChI is InChI=1S/C12H18N6O3/c1-6(19)9(20)7-5-15-10-8(16-7)11(21)18-12(17-10)14-4-2-3-13/h5-6,9,19-20H,2-4,13H2,1H3,(H2,14,15,17,18,21)/t6-,9-/m1/s1. The fourth-order valence-electron chi connectivity index (χ4n) is 1.71. The monoisotopic (exact) mass is 294 g/mol. The summed E-state index contributed by atoms with van der Waals surface area (Å²) in [5.41, 5.74) is 5.21. The van der Waals surface area contributed by atoms with Gasteiger partial charge in [-0.05, 0) is 19.9 Å². The predicted molar refractivity (Wildman–Crippen MR) is 76.8 cm³/mol. The van der Waals surface area contributed by atoms with Crippen LogP contribution in [0.1, 0.15) is 25.1 Å². The molecular formula is C12H18N6O3. The molecule has 0 saturated carbocycles. The first-order chi connectivity index (χ1) is 10.0. The molecular weight excluding hydrogens is 276 g/mol. The number of anilines is 1. The van der Waals surface area contributed by atoms with Crippen molar-refractivity contribution < 1.29 is 10.2 Å². The molecule has 2 atom stereocenters. The van der Waals surface area contributed by atoms with E-state index in [4.69, 9.17) is 5.73 Å². The van der Waals surface area contributed by atoms with Gasteiger partial charge in [0.25, 0.3) is 5.56 Å². The lowest BCUT2D eigenvalue weighted by Gasteiger charge is -2.12. The minimum atomic E-state index is -1.20. The number of nitrogens with one attached hydrogen (secondary N) is 2. The summed E-state index contributed by atoms with van der Waals surface area (Å²) in [5.74, 6) is 0.291. The number of hydrogen-bond donors (Lipinski definition) is 5. The number of nitrogens with zero attached hydrogens (tertiary/aromatic N) is 3. The molecule has 0 aliphatic carbocycles. The average molecular weight is 294 g/mol. The molecule has 0 bridgehead atoms. The topological polar surface area (TPSA) is 150 Å². The Kier molecular flexibility index (Phi) is 4.78.